The molecule has 0 aromatic carbocycles. The van der Waals surface area contributed by atoms with E-state index in [2.05, 4.69) is 0 Å². The maximum absolute atomic E-state index is 12.7. The molecule has 0 spiro atoms. The van der Waals surface area contributed by atoms with Gasteiger partial charge >= 0.3 is 0 Å². The van der Waals surface area contributed by atoms with Crippen molar-refractivity contribution < 1.29 is 8.42 Å². The van der Waals surface area contributed by atoms with Crippen LogP contribution in [0, 0.1) is 0 Å². The smallest absolute Gasteiger partial charge is 0.252 e. The van der Waals surface area contributed by atoms with Crippen molar-refractivity contribution in [3.63, 3.8) is 0 Å². The molecule has 2 aromatic heterocycles. The number of rotatable bonds is 7. The number of nitrogens with zero attached hydrogens (tertiary/aromatic N) is 2. The summed E-state index contributed by atoms with van der Waals surface area (Å²) in [5.41, 5.74) is 0. The fourth-order valence-corrected chi connectivity index (χ4v) is 5.06. The molecular weight excluding hydrogens is 312 g/mol. The molecule has 2 aromatic rings. The average Bonchev–Trinajstić information content (AvgIpc) is 3.06. The lowest BCUT2D eigenvalue weighted by Gasteiger charge is -2.22. The molecule has 0 radical (unpaired) electrons. The molecule has 0 aliphatic rings. The Morgan fingerprint density at radius 1 is 1.05 bits per heavy atom. The van der Waals surface area contributed by atoms with E-state index in [1.54, 1.807) is 33.2 Å². The van der Waals surface area contributed by atoms with Crippen molar-refractivity contribution in [2.75, 3.05) is 27.2 Å². The molecule has 0 amide bonds. The van der Waals surface area contributed by atoms with Gasteiger partial charge in [-0.15, -0.1) is 22.7 Å². The third kappa shape index (κ3) is 3.89. The largest absolute Gasteiger partial charge is 0.308 e. The highest BCUT2D eigenvalue weighted by Gasteiger charge is 2.25. The van der Waals surface area contributed by atoms with E-state index >= 15 is 0 Å². The lowest BCUT2D eigenvalue weighted by molar-refractivity contribution is 0.331. The van der Waals surface area contributed by atoms with Gasteiger partial charge in [0.05, 0.1) is 0 Å². The van der Waals surface area contributed by atoms with Crippen LogP contribution < -0.4 is 0 Å². The van der Waals surface area contributed by atoms with Gasteiger partial charge in [-0.3, -0.25) is 0 Å². The Bertz CT molecular complexity index is 604. The predicted molar refractivity (Wildman–Crippen MR) is 84.8 cm³/mol. The first-order valence-corrected chi connectivity index (χ1v) is 9.41. The van der Waals surface area contributed by atoms with E-state index < -0.39 is 10.0 Å². The average molecular weight is 331 g/mol. The minimum absolute atomic E-state index is 0.410. The van der Waals surface area contributed by atoms with Gasteiger partial charge in [0, 0.05) is 24.5 Å². The highest BCUT2D eigenvalue weighted by Crippen LogP contribution is 2.23. The minimum atomic E-state index is -3.40. The molecule has 2 heterocycles. The van der Waals surface area contributed by atoms with E-state index in [4.69, 9.17) is 0 Å². The van der Waals surface area contributed by atoms with Crippen LogP contribution in [-0.4, -0.2) is 44.8 Å². The van der Waals surface area contributed by atoms with Gasteiger partial charge in [0.25, 0.3) is 10.0 Å². The van der Waals surface area contributed by atoms with E-state index in [0.29, 0.717) is 23.8 Å². The standard InChI is InChI=1S/C13H18N2O2S3/c1-14(2)7-8-15(11-12-5-3-9-18-12)20(16,17)13-6-4-10-19-13/h3-6,9-10H,7-8,11H2,1-2H3. The maximum atomic E-state index is 12.7. The number of thiophene rings is 2. The highest BCUT2D eigenvalue weighted by atomic mass is 32.2. The molecule has 20 heavy (non-hydrogen) atoms. The molecule has 0 N–H and O–H groups in total. The molecule has 110 valence electrons. The van der Waals surface area contributed by atoms with Crippen LogP contribution in [-0.2, 0) is 16.6 Å². The fraction of sp³-hybridized carbons (Fsp3) is 0.385. The quantitative estimate of drug-likeness (QED) is 0.783. The number of hydrogen-bond acceptors (Lipinski definition) is 5. The molecule has 0 aliphatic heterocycles. The summed E-state index contributed by atoms with van der Waals surface area (Å²) in [7, 11) is 0.493. The van der Waals surface area contributed by atoms with Crippen LogP contribution in [0.5, 0.6) is 0 Å². The van der Waals surface area contributed by atoms with Crippen molar-refractivity contribution in [2.24, 2.45) is 0 Å². The third-order valence-electron chi connectivity index (χ3n) is 2.80. The lowest BCUT2D eigenvalue weighted by Crippen LogP contribution is -2.35. The molecule has 0 fully saturated rings. The lowest BCUT2D eigenvalue weighted by atomic mass is 10.4. The second kappa shape index (κ2) is 6.82. The number of likely N-dealkylation sites (N-methyl/N-ethyl adjacent to an activating group) is 1. The van der Waals surface area contributed by atoms with Crippen LogP contribution in [0.2, 0.25) is 0 Å². The summed E-state index contributed by atoms with van der Waals surface area (Å²) in [5, 5.41) is 3.76. The Kier molecular flexibility index (Phi) is 5.34. The van der Waals surface area contributed by atoms with Crippen molar-refractivity contribution in [1.29, 1.82) is 0 Å². The van der Waals surface area contributed by atoms with Gasteiger partial charge < -0.3 is 4.90 Å². The van der Waals surface area contributed by atoms with Crippen LogP contribution in [0.25, 0.3) is 0 Å². The monoisotopic (exact) mass is 330 g/mol. The molecule has 0 saturated heterocycles. The zero-order chi connectivity index (χ0) is 14.6. The van der Waals surface area contributed by atoms with Crippen LogP contribution in [0.4, 0.5) is 0 Å². The van der Waals surface area contributed by atoms with Gasteiger partial charge in [0.2, 0.25) is 0 Å². The zero-order valence-corrected chi connectivity index (χ0v) is 14.0. The number of sulfonamides is 1. The summed E-state index contributed by atoms with van der Waals surface area (Å²) >= 11 is 2.85. The normalized spacial score (nSPS) is 12.4. The Balaban J connectivity index is 2.21. The van der Waals surface area contributed by atoms with Crippen molar-refractivity contribution >= 4 is 32.7 Å². The van der Waals surface area contributed by atoms with Crippen LogP contribution in [0.3, 0.4) is 0 Å². The van der Waals surface area contributed by atoms with Gasteiger partial charge in [-0.2, -0.15) is 4.31 Å². The van der Waals surface area contributed by atoms with Crippen molar-refractivity contribution in [2.45, 2.75) is 10.8 Å². The molecule has 0 aliphatic carbocycles. The van der Waals surface area contributed by atoms with Gasteiger partial charge in [-0.05, 0) is 37.0 Å². The third-order valence-corrected chi connectivity index (χ3v) is 6.88. The van der Waals surface area contributed by atoms with E-state index in [1.807, 2.05) is 36.5 Å². The molecule has 0 atom stereocenters. The molecule has 0 saturated carbocycles. The second-order valence-electron chi connectivity index (χ2n) is 4.65. The summed E-state index contributed by atoms with van der Waals surface area (Å²) in [6.45, 7) is 1.63. The zero-order valence-electron chi connectivity index (χ0n) is 11.5. The van der Waals surface area contributed by atoms with Gasteiger partial charge in [0.1, 0.15) is 4.21 Å². The Labute approximate surface area is 128 Å². The second-order valence-corrected chi connectivity index (χ2v) is 8.80. The van der Waals surface area contributed by atoms with E-state index in [0.717, 1.165) is 4.88 Å². The highest BCUT2D eigenvalue weighted by molar-refractivity contribution is 7.91. The summed E-state index contributed by atoms with van der Waals surface area (Å²) < 4.78 is 27.3. The molecule has 4 nitrogen and oxygen atoms in total. The maximum Gasteiger partial charge on any atom is 0.252 e. The summed E-state index contributed by atoms with van der Waals surface area (Å²) in [4.78, 5) is 3.05. The van der Waals surface area contributed by atoms with Crippen molar-refractivity contribution in [3.8, 4) is 0 Å². The van der Waals surface area contributed by atoms with Gasteiger partial charge in [-0.1, -0.05) is 12.1 Å². The summed E-state index contributed by atoms with van der Waals surface area (Å²) in [6, 6.07) is 7.35. The van der Waals surface area contributed by atoms with Crippen LogP contribution in [0.1, 0.15) is 4.88 Å². The topological polar surface area (TPSA) is 40.6 Å². The molecular formula is C13H18N2O2S3. The Morgan fingerprint density at radius 3 is 2.30 bits per heavy atom. The predicted octanol–water partition coefficient (Wildman–Crippen LogP) is 2.56. The van der Waals surface area contributed by atoms with Gasteiger partial charge in [-0.25, -0.2) is 8.42 Å². The van der Waals surface area contributed by atoms with E-state index in [1.165, 1.54) is 11.3 Å². The first-order chi connectivity index (χ1) is 9.50. The summed E-state index contributed by atoms with van der Waals surface area (Å²) in [6.07, 6.45) is 0. The number of hydrogen-bond donors (Lipinski definition) is 0. The molecule has 7 heteroatoms. The minimum Gasteiger partial charge on any atom is -0.308 e. The van der Waals surface area contributed by atoms with Crippen LogP contribution >= 0.6 is 22.7 Å². The van der Waals surface area contributed by atoms with Crippen molar-refractivity contribution in [1.82, 2.24) is 9.21 Å². The molecule has 2 rings (SSSR count). The first kappa shape index (κ1) is 15.7. The SMILES string of the molecule is CN(C)CCN(Cc1cccs1)S(=O)(=O)c1cccs1. The molecule has 0 unspecified atom stereocenters. The molecule has 0 bridgehead atoms. The van der Waals surface area contributed by atoms with Crippen molar-refractivity contribution in [3.05, 3.63) is 39.9 Å². The Morgan fingerprint density at radius 2 is 1.75 bits per heavy atom. The van der Waals surface area contributed by atoms with Crippen LogP contribution in [0.15, 0.2) is 39.2 Å². The summed E-state index contributed by atoms with van der Waals surface area (Å²) in [5.74, 6) is 0. The van der Waals surface area contributed by atoms with E-state index in [9.17, 15) is 8.42 Å². The van der Waals surface area contributed by atoms with E-state index in [-0.39, 0.29) is 0 Å². The first-order valence-electron chi connectivity index (χ1n) is 6.21. The van der Waals surface area contributed by atoms with Gasteiger partial charge in [0.15, 0.2) is 0 Å². The Hall–Kier alpha value is -0.730. The fourth-order valence-electron chi connectivity index (χ4n) is 1.71.